The van der Waals surface area contributed by atoms with Gasteiger partial charge in [0, 0.05) is 23.0 Å². The van der Waals surface area contributed by atoms with Crippen molar-refractivity contribution in [2.75, 3.05) is 6.54 Å². The van der Waals surface area contributed by atoms with Gasteiger partial charge in [0.25, 0.3) is 0 Å². The maximum atomic E-state index is 13.8. The van der Waals surface area contributed by atoms with E-state index >= 15 is 0 Å². The number of halogens is 1. The zero-order chi connectivity index (χ0) is 16.2. The molecule has 0 aliphatic heterocycles. The predicted molar refractivity (Wildman–Crippen MR) is 90.7 cm³/mol. The van der Waals surface area contributed by atoms with Crippen molar-refractivity contribution < 1.29 is 9.18 Å². The van der Waals surface area contributed by atoms with Crippen LogP contribution in [0.3, 0.4) is 0 Å². The summed E-state index contributed by atoms with van der Waals surface area (Å²) in [5.41, 5.74) is 1.86. The van der Waals surface area contributed by atoms with Gasteiger partial charge in [0.2, 0.25) is 5.91 Å². The molecule has 1 aliphatic carbocycles. The molecule has 1 N–H and O–H groups in total. The molecule has 0 unspecified atom stereocenters. The lowest BCUT2D eigenvalue weighted by Gasteiger charge is -2.21. The highest BCUT2D eigenvalue weighted by Crippen LogP contribution is 2.28. The number of nitrogens with zero attached hydrogens (tertiary/aromatic N) is 1. The number of hydrogen-bond acceptors (Lipinski definition) is 3. The van der Waals surface area contributed by atoms with Gasteiger partial charge in [-0.05, 0) is 42.8 Å². The predicted octanol–water partition coefficient (Wildman–Crippen LogP) is 3.48. The Kier molecular flexibility index (Phi) is 5.08. The summed E-state index contributed by atoms with van der Waals surface area (Å²) in [5, 5.41) is 5.01. The van der Waals surface area contributed by atoms with Crippen molar-refractivity contribution in [3.05, 3.63) is 57.5 Å². The fraction of sp³-hybridized carbons (Fsp3) is 0.389. The minimum Gasteiger partial charge on any atom is -0.350 e. The Labute approximate surface area is 140 Å². The van der Waals surface area contributed by atoms with Crippen molar-refractivity contribution in [2.24, 2.45) is 0 Å². The average molecular weight is 332 g/mol. The molecule has 1 aliphatic rings. The molecule has 3 rings (SSSR count). The molecule has 122 valence electrons. The summed E-state index contributed by atoms with van der Waals surface area (Å²) in [7, 11) is 0. The van der Waals surface area contributed by atoms with Crippen molar-refractivity contribution in [2.45, 2.75) is 38.9 Å². The molecule has 0 radical (unpaired) electrons. The summed E-state index contributed by atoms with van der Waals surface area (Å²) in [6.45, 7) is 3.43. The van der Waals surface area contributed by atoms with E-state index in [1.807, 2.05) is 18.4 Å². The van der Waals surface area contributed by atoms with Gasteiger partial charge in [0.05, 0.1) is 13.1 Å². The maximum absolute atomic E-state index is 13.8. The van der Waals surface area contributed by atoms with Gasteiger partial charge in [-0.1, -0.05) is 18.2 Å². The first-order chi connectivity index (χ1) is 11.1. The van der Waals surface area contributed by atoms with Gasteiger partial charge in [-0.3, -0.25) is 9.69 Å². The lowest BCUT2D eigenvalue weighted by Crippen LogP contribution is -2.38. The second kappa shape index (κ2) is 7.23. The average Bonchev–Trinajstić information content (AvgIpc) is 3.30. The summed E-state index contributed by atoms with van der Waals surface area (Å²) in [5.74, 6) is -0.200. The Balaban J connectivity index is 1.56. The van der Waals surface area contributed by atoms with Crippen LogP contribution in [0.1, 0.15) is 28.8 Å². The lowest BCUT2D eigenvalue weighted by atomic mass is 10.2. The highest BCUT2D eigenvalue weighted by atomic mass is 32.1. The van der Waals surface area contributed by atoms with E-state index < -0.39 is 0 Å². The van der Waals surface area contributed by atoms with Crippen LogP contribution in [0.5, 0.6) is 0 Å². The van der Waals surface area contributed by atoms with Gasteiger partial charge in [0.1, 0.15) is 5.82 Å². The van der Waals surface area contributed by atoms with E-state index in [0.717, 1.165) is 12.8 Å². The summed E-state index contributed by atoms with van der Waals surface area (Å²) in [6.07, 6.45) is 2.18. The van der Waals surface area contributed by atoms with Crippen LogP contribution in [0.15, 0.2) is 35.7 Å². The van der Waals surface area contributed by atoms with Crippen LogP contribution < -0.4 is 5.32 Å². The van der Waals surface area contributed by atoms with Gasteiger partial charge < -0.3 is 5.32 Å². The Morgan fingerprint density at radius 1 is 1.35 bits per heavy atom. The number of thiophene rings is 1. The number of benzene rings is 1. The number of nitrogens with one attached hydrogen (secondary N) is 1. The summed E-state index contributed by atoms with van der Waals surface area (Å²) < 4.78 is 13.8. The fourth-order valence-electron chi connectivity index (χ4n) is 2.60. The summed E-state index contributed by atoms with van der Waals surface area (Å²) >= 11 is 1.66. The Morgan fingerprint density at radius 3 is 2.78 bits per heavy atom. The summed E-state index contributed by atoms with van der Waals surface area (Å²) in [4.78, 5) is 15.5. The zero-order valence-electron chi connectivity index (χ0n) is 13.2. The zero-order valence-corrected chi connectivity index (χ0v) is 14.0. The second-order valence-electron chi connectivity index (χ2n) is 6.03. The molecule has 0 bridgehead atoms. The van der Waals surface area contributed by atoms with E-state index in [0.29, 0.717) is 31.2 Å². The minimum atomic E-state index is -0.201. The van der Waals surface area contributed by atoms with Crippen LogP contribution in [0.4, 0.5) is 4.39 Å². The monoisotopic (exact) mass is 332 g/mol. The van der Waals surface area contributed by atoms with E-state index in [-0.39, 0.29) is 11.7 Å². The number of rotatable bonds is 7. The van der Waals surface area contributed by atoms with Crippen molar-refractivity contribution >= 4 is 17.2 Å². The fourth-order valence-corrected chi connectivity index (χ4v) is 3.45. The maximum Gasteiger partial charge on any atom is 0.234 e. The van der Waals surface area contributed by atoms with Crippen LogP contribution in [-0.2, 0) is 17.9 Å². The molecule has 1 amide bonds. The van der Waals surface area contributed by atoms with E-state index in [2.05, 4.69) is 16.3 Å². The quantitative estimate of drug-likeness (QED) is 0.842. The third kappa shape index (κ3) is 4.39. The van der Waals surface area contributed by atoms with Crippen LogP contribution in [0, 0.1) is 12.7 Å². The molecule has 1 aromatic heterocycles. The lowest BCUT2D eigenvalue weighted by molar-refractivity contribution is -0.122. The van der Waals surface area contributed by atoms with Gasteiger partial charge in [-0.25, -0.2) is 4.39 Å². The first kappa shape index (κ1) is 16.1. The molecular formula is C18H21FN2OS. The molecule has 2 aromatic rings. The van der Waals surface area contributed by atoms with E-state index in [1.165, 1.54) is 16.5 Å². The molecule has 1 heterocycles. The van der Waals surface area contributed by atoms with E-state index in [4.69, 9.17) is 0 Å². The molecule has 3 nitrogen and oxygen atoms in total. The summed E-state index contributed by atoms with van der Waals surface area (Å²) in [6, 6.07) is 9.25. The second-order valence-corrected chi connectivity index (χ2v) is 7.03. The van der Waals surface area contributed by atoms with E-state index in [1.54, 1.807) is 23.5 Å². The molecule has 5 heteroatoms. The molecule has 1 aromatic carbocycles. The molecule has 0 spiro atoms. The van der Waals surface area contributed by atoms with Gasteiger partial charge in [0.15, 0.2) is 0 Å². The van der Waals surface area contributed by atoms with Crippen molar-refractivity contribution in [1.82, 2.24) is 10.2 Å². The van der Waals surface area contributed by atoms with Crippen molar-refractivity contribution in [3.8, 4) is 0 Å². The SMILES string of the molecule is Cc1ccsc1CNC(=O)CN(Cc1ccccc1F)C1CC1. The molecule has 23 heavy (non-hydrogen) atoms. The highest BCUT2D eigenvalue weighted by molar-refractivity contribution is 7.10. The van der Waals surface area contributed by atoms with Crippen LogP contribution in [0.2, 0.25) is 0 Å². The Bertz CT molecular complexity index is 681. The minimum absolute atomic E-state index is 0.000962. The molecule has 0 saturated heterocycles. The third-order valence-electron chi connectivity index (χ3n) is 4.16. The third-order valence-corrected chi connectivity index (χ3v) is 5.18. The first-order valence-corrected chi connectivity index (χ1v) is 8.78. The number of amides is 1. The highest BCUT2D eigenvalue weighted by Gasteiger charge is 2.30. The van der Waals surface area contributed by atoms with Crippen LogP contribution in [-0.4, -0.2) is 23.4 Å². The van der Waals surface area contributed by atoms with Crippen molar-refractivity contribution in [3.63, 3.8) is 0 Å². The molecular weight excluding hydrogens is 311 g/mol. The van der Waals surface area contributed by atoms with Crippen LogP contribution in [0.25, 0.3) is 0 Å². The standard InChI is InChI=1S/C18H21FN2OS/c1-13-8-9-23-17(13)10-20-18(22)12-21(15-6-7-15)11-14-4-2-3-5-16(14)19/h2-5,8-9,15H,6-7,10-12H2,1H3,(H,20,22). The van der Waals surface area contributed by atoms with Crippen molar-refractivity contribution in [1.29, 1.82) is 0 Å². The van der Waals surface area contributed by atoms with Gasteiger partial charge in [-0.2, -0.15) is 0 Å². The molecule has 1 fully saturated rings. The largest absolute Gasteiger partial charge is 0.350 e. The van der Waals surface area contributed by atoms with Crippen LogP contribution >= 0.6 is 11.3 Å². The Hall–Kier alpha value is -1.72. The molecule has 0 atom stereocenters. The van der Waals surface area contributed by atoms with Gasteiger partial charge >= 0.3 is 0 Å². The normalized spacial score (nSPS) is 14.2. The van der Waals surface area contributed by atoms with E-state index in [9.17, 15) is 9.18 Å². The first-order valence-electron chi connectivity index (χ1n) is 7.90. The number of aryl methyl sites for hydroxylation is 1. The topological polar surface area (TPSA) is 32.3 Å². The number of carbonyl (C=O) groups is 1. The molecule has 1 saturated carbocycles. The number of carbonyl (C=O) groups excluding carboxylic acids is 1. The smallest absolute Gasteiger partial charge is 0.234 e. The van der Waals surface area contributed by atoms with Gasteiger partial charge in [-0.15, -0.1) is 11.3 Å². The number of hydrogen-bond donors (Lipinski definition) is 1. The Morgan fingerprint density at radius 2 is 2.13 bits per heavy atom.